The number of amides is 2. The van der Waals surface area contributed by atoms with E-state index in [0.29, 0.717) is 43.0 Å². The Kier molecular flexibility index (Phi) is 11.6. The normalized spacial score (nSPS) is 17.3. The fourth-order valence-corrected chi connectivity index (χ4v) is 6.39. The molecule has 0 fully saturated rings. The van der Waals surface area contributed by atoms with Crippen molar-refractivity contribution in [1.29, 1.82) is 0 Å². The lowest BCUT2D eigenvalue weighted by Gasteiger charge is -2.33. The minimum absolute atomic E-state index is 0.0604. The van der Waals surface area contributed by atoms with E-state index < -0.39 is 10.0 Å². The van der Waals surface area contributed by atoms with Gasteiger partial charge in [-0.05, 0) is 60.8 Å². The van der Waals surface area contributed by atoms with Crippen molar-refractivity contribution < 1.29 is 22.7 Å². The Morgan fingerprint density at radius 1 is 1.00 bits per heavy atom. The molecule has 0 aromatic heterocycles. The third-order valence-electron chi connectivity index (χ3n) is 6.76. The molecular weight excluding hydrogens is 587 g/mol. The molecule has 0 unspecified atom stereocenters. The maximum absolute atomic E-state index is 13.0. The number of halogens is 2. The lowest BCUT2D eigenvalue weighted by Crippen LogP contribution is -2.35. The summed E-state index contributed by atoms with van der Waals surface area (Å²) in [5.74, 6) is -0.0604. The molecule has 2 N–H and O–H groups in total. The number of rotatable bonds is 12. The van der Waals surface area contributed by atoms with E-state index in [4.69, 9.17) is 32.7 Å². The number of likely N-dealkylation sites (N-methyl/N-ethyl adjacent to an activating group) is 1. The molecule has 2 aromatic carbocycles. The van der Waals surface area contributed by atoms with E-state index in [-0.39, 0.29) is 30.0 Å². The summed E-state index contributed by atoms with van der Waals surface area (Å²) in [6, 6.07) is 10.4. The number of hydrogen-bond acceptors (Lipinski definition) is 6. The zero-order valence-corrected chi connectivity index (χ0v) is 25.4. The first kappa shape index (κ1) is 31.5. The Morgan fingerprint density at radius 3 is 2.44 bits per heavy atom. The van der Waals surface area contributed by atoms with Crippen LogP contribution in [-0.2, 0) is 26.0 Å². The highest BCUT2D eigenvalue weighted by Gasteiger charge is 2.28. The minimum atomic E-state index is -3.73. The quantitative estimate of drug-likeness (QED) is 0.332. The average Bonchev–Trinajstić information content (AvgIpc) is 3.24. The molecule has 0 spiro atoms. The number of allylic oxidation sites excluding steroid dienone is 2. The van der Waals surface area contributed by atoms with Crippen molar-refractivity contribution in [2.24, 2.45) is 0 Å². The van der Waals surface area contributed by atoms with Gasteiger partial charge in [0.25, 0.3) is 0 Å². The molecule has 0 aliphatic carbocycles. The first-order valence-corrected chi connectivity index (χ1v) is 15.8. The van der Waals surface area contributed by atoms with Gasteiger partial charge in [-0.1, -0.05) is 47.5 Å². The zero-order valence-electron chi connectivity index (χ0n) is 23.0. The van der Waals surface area contributed by atoms with Crippen LogP contribution in [0.3, 0.4) is 0 Å². The van der Waals surface area contributed by atoms with Gasteiger partial charge in [0.05, 0.1) is 31.3 Å². The van der Waals surface area contributed by atoms with Crippen molar-refractivity contribution >= 4 is 39.3 Å². The number of nitrogens with one attached hydrogen (secondary N) is 2. The molecule has 2 aliphatic heterocycles. The van der Waals surface area contributed by atoms with Crippen LogP contribution >= 0.6 is 23.2 Å². The van der Waals surface area contributed by atoms with Gasteiger partial charge >= 0.3 is 6.03 Å². The molecule has 0 radical (unpaired) electrons. The summed E-state index contributed by atoms with van der Waals surface area (Å²) in [5.41, 5.74) is 2.91. The molecule has 4 rings (SSSR count). The third-order valence-corrected chi connectivity index (χ3v) is 8.78. The molecule has 2 aromatic rings. The van der Waals surface area contributed by atoms with Crippen LogP contribution in [0.4, 0.5) is 4.79 Å². The van der Waals surface area contributed by atoms with Gasteiger partial charge < -0.3 is 19.7 Å². The molecule has 222 valence electrons. The van der Waals surface area contributed by atoms with E-state index >= 15 is 0 Å². The summed E-state index contributed by atoms with van der Waals surface area (Å²) < 4.78 is 39.6. The van der Waals surface area contributed by atoms with Crippen LogP contribution in [0, 0.1) is 0 Å². The first-order valence-electron chi connectivity index (χ1n) is 13.6. The van der Waals surface area contributed by atoms with Crippen LogP contribution in [0.25, 0.3) is 0 Å². The van der Waals surface area contributed by atoms with Gasteiger partial charge in [0, 0.05) is 54.5 Å². The Hall–Kier alpha value is -2.44. The molecule has 2 amide bonds. The van der Waals surface area contributed by atoms with Crippen LogP contribution in [-0.4, -0.2) is 77.4 Å². The summed E-state index contributed by atoms with van der Waals surface area (Å²) in [6.07, 6.45) is 9.23. The number of nitrogens with zero attached hydrogens (tertiary/aromatic N) is 2. The predicted octanol–water partition coefficient (Wildman–Crippen LogP) is 4.72. The van der Waals surface area contributed by atoms with Gasteiger partial charge in [-0.15, -0.1) is 0 Å². The number of carbonyl (C=O) groups is 1. The van der Waals surface area contributed by atoms with Crippen LogP contribution in [0.1, 0.15) is 35.4 Å². The van der Waals surface area contributed by atoms with E-state index in [2.05, 4.69) is 14.9 Å². The summed E-state index contributed by atoms with van der Waals surface area (Å²) in [4.78, 5) is 15.9. The molecule has 9 nitrogen and oxygen atoms in total. The molecule has 41 heavy (non-hydrogen) atoms. The highest BCUT2D eigenvalue weighted by molar-refractivity contribution is 7.89. The van der Waals surface area contributed by atoms with Crippen LogP contribution in [0.5, 0.6) is 0 Å². The van der Waals surface area contributed by atoms with E-state index in [9.17, 15) is 13.2 Å². The maximum Gasteiger partial charge on any atom is 0.325 e. The van der Waals surface area contributed by atoms with Crippen molar-refractivity contribution in [3.63, 3.8) is 0 Å². The highest BCUT2D eigenvalue weighted by Crippen LogP contribution is 2.38. The molecule has 0 saturated heterocycles. The van der Waals surface area contributed by atoms with Gasteiger partial charge in [0.2, 0.25) is 10.0 Å². The summed E-state index contributed by atoms with van der Waals surface area (Å²) in [7, 11) is -1.72. The molecule has 0 saturated carbocycles. The predicted molar refractivity (Wildman–Crippen MR) is 161 cm³/mol. The lowest BCUT2D eigenvalue weighted by molar-refractivity contribution is 0.0515. The number of hydrogen-bond donors (Lipinski definition) is 2. The smallest absolute Gasteiger partial charge is 0.325 e. The highest BCUT2D eigenvalue weighted by atomic mass is 35.5. The number of urea groups is 1. The molecule has 0 bridgehead atoms. The number of fused-ring (bicyclic) bond motifs is 1. The van der Waals surface area contributed by atoms with Crippen LogP contribution < -0.4 is 10.0 Å². The van der Waals surface area contributed by atoms with Gasteiger partial charge in [-0.25, -0.2) is 17.9 Å². The van der Waals surface area contributed by atoms with Gasteiger partial charge in [-0.3, -0.25) is 4.90 Å². The second kappa shape index (κ2) is 15.2. The fraction of sp³-hybridized carbons (Fsp3) is 0.414. The van der Waals surface area contributed by atoms with Gasteiger partial charge in [0.1, 0.15) is 0 Å². The summed E-state index contributed by atoms with van der Waals surface area (Å²) >= 11 is 12.8. The monoisotopic (exact) mass is 622 g/mol. The Balaban J connectivity index is 1.18. The fourth-order valence-electron chi connectivity index (χ4n) is 4.76. The molecule has 1 atom stereocenters. The second-order valence-corrected chi connectivity index (χ2v) is 12.5. The number of ether oxygens (including phenoxy) is 2. The average molecular weight is 624 g/mol. The van der Waals surface area contributed by atoms with Crippen molar-refractivity contribution in [3.05, 3.63) is 87.7 Å². The topological polar surface area (TPSA) is 100 Å². The van der Waals surface area contributed by atoms with Crippen molar-refractivity contribution in [3.8, 4) is 0 Å². The Labute approximate surface area is 252 Å². The number of carbonyl (C=O) groups excluding carboxylic acids is 1. The van der Waals surface area contributed by atoms with Gasteiger partial charge in [0.15, 0.2) is 0 Å². The van der Waals surface area contributed by atoms with E-state index in [1.807, 2.05) is 31.3 Å². The van der Waals surface area contributed by atoms with Gasteiger partial charge in [-0.2, -0.15) is 0 Å². The maximum atomic E-state index is 13.0. The number of sulfonamides is 1. The molecular formula is C29H36Cl2N4O5S. The van der Waals surface area contributed by atoms with E-state index in [1.54, 1.807) is 36.7 Å². The van der Waals surface area contributed by atoms with E-state index in [1.165, 1.54) is 4.90 Å². The van der Waals surface area contributed by atoms with Crippen LogP contribution in [0.15, 0.2) is 65.8 Å². The molecule has 2 aliphatic rings. The standard InChI is InChI=1S/C29H36Cl2N4O5S/c1-34-20-26(25-18-23(30)19-28(31)27(25)21-34)22-7-6-8-24(17-22)41(37,38)33-10-14-40-16-15-39-13-9-32-29(36)35-11-4-2-3-5-12-35/h4-8,11-12,17-19,26,33H,2-3,9-10,13-16,20-21H2,1H3,(H,32,36)/t26-/m1/s1. The van der Waals surface area contributed by atoms with Crippen LogP contribution in [0.2, 0.25) is 10.0 Å². The van der Waals surface area contributed by atoms with E-state index in [0.717, 1.165) is 36.1 Å². The first-order chi connectivity index (χ1) is 19.7. The SMILES string of the molecule is CN1Cc2c(Cl)cc(Cl)cc2[C@@H](c2cccc(S(=O)(=O)NCCOCCOCCNC(=O)N3C=CCCC=C3)c2)C1. The second-order valence-electron chi connectivity index (χ2n) is 9.89. The largest absolute Gasteiger partial charge is 0.378 e. The number of benzene rings is 2. The summed E-state index contributed by atoms with van der Waals surface area (Å²) in [5, 5.41) is 3.96. The lowest BCUT2D eigenvalue weighted by atomic mass is 9.85. The van der Waals surface area contributed by atoms with Crippen molar-refractivity contribution in [1.82, 2.24) is 19.8 Å². The molecule has 12 heteroatoms. The van der Waals surface area contributed by atoms with Crippen molar-refractivity contribution in [2.75, 3.05) is 53.1 Å². The summed E-state index contributed by atoms with van der Waals surface area (Å²) in [6.45, 7) is 3.11. The third kappa shape index (κ3) is 9.02. The zero-order chi connectivity index (χ0) is 29.2. The Morgan fingerprint density at radius 2 is 1.71 bits per heavy atom. The van der Waals surface area contributed by atoms with Crippen molar-refractivity contribution in [2.45, 2.75) is 30.2 Å². The Bertz CT molecular complexity index is 1350. The molecule has 2 heterocycles. The minimum Gasteiger partial charge on any atom is -0.378 e.